The van der Waals surface area contributed by atoms with Gasteiger partial charge in [-0.25, -0.2) is 13.9 Å². The van der Waals surface area contributed by atoms with Crippen molar-refractivity contribution in [1.29, 1.82) is 0 Å². The van der Waals surface area contributed by atoms with Crippen LogP contribution in [0.3, 0.4) is 0 Å². The third kappa shape index (κ3) is 5.32. The van der Waals surface area contributed by atoms with Crippen LogP contribution in [0.1, 0.15) is 51.4 Å². The number of fused-ring (bicyclic) bond motifs is 1. The topological polar surface area (TPSA) is 82.6 Å². The van der Waals surface area contributed by atoms with Gasteiger partial charge in [-0.05, 0) is 57.4 Å². The van der Waals surface area contributed by atoms with Gasteiger partial charge in [0.05, 0.1) is 30.2 Å². The quantitative estimate of drug-likeness (QED) is 0.447. The molecule has 0 bridgehead atoms. The zero-order chi connectivity index (χ0) is 26.2. The molecule has 2 heterocycles. The molecule has 0 saturated heterocycles. The molecule has 1 aliphatic rings. The Hall–Kier alpha value is -3.55. The number of aromatic nitrogens is 2. The molecule has 0 unspecified atom stereocenters. The second-order valence-electron chi connectivity index (χ2n) is 10.7. The van der Waals surface area contributed by atoms with E-state index in [9.17, 15) is 9.18 Å². The van der Waals surface area contributed by atoms with Gasteiger partial charge in [-0.1, -0.05) is 32.0 Å². The number of para-hydroxylation sites is 1. The van der Waals surface area contributed by atoms with Crippen molar-refractivity contribution in [2.45, 2.75) is 60.1 Å². The van der Waals surface area contributed by atoms with E-state index in [0.717, 1.165) is 22.5 Å². The zero-order valence-electron chi connectivity index (χ0n) is 21.9. The fourth-order valence-electron chi connectivity index (χ4n) is 4.26. The summed E-state index contributed by atoms with van der Waals surface area (Å²) in [6.07, 6.45) is 0.173. The van der Waals surface area contributed by atoms with Crippen molar-refractivity contribution in [2.24, 2.45) is 5.92 Å². The van der Waals surface area contributed by atoms with Gasteiger partial charge < -0.3 is 20.1 Å². The summed E-state index contributed by atoms with van der Waals surface area (Å²) in [6.45, 7) is 13.1. The van der Waals surface area contributed by atoms with Crippen LogP contribution in [0.4, 0.5) is 14.9 Å². The lowest BCUT2D eigenvalue weighted by molar-refractivity contribution is 0.0224. The van der Waals surface area contributed by atoms with Crippen LogP contribution in [0.2, 0.25) is 0 Å². The number of amides is 1. The second kappa shape index (κ2) is 9.84. The minimum atomic E-state index is -0.603. The summed E-state index contributed by atoms with van der Waals surface area (Å²) in [6, 6.07) is 10.6. The van der Waals surface area contributed by atoms with Crippen molar-refractivity contribution in [2.75, 3.05) is 18.9 Å². The SMILES string of the molecule is Cc1cccc(OCC(C)C)c1-n1nc2c(c1-c1ccc(N)c(F)c1)CN(C(=O)OC(C)(C)C)CC2. The zero-order valence-corrected chi connectivity index (χ0v) is 21.9. The van der Waals surface area contributed by atoms with Crippen molar-refractivity contribution in [3.05, 3.63) is 59.0 Å². The van der Waals surface area contributed by atoms with E-state index in [2.05, 4.69) is 13.8 Å². The van der Waals surface area contributed by atoms with Crippen LogP contribution < -0.4 is 10.5 Å². The molecule has 192 valence electrons. The fraction of sp³-hybridized carbons (Fsp3) is 0.429. The second-order valence-corrected chi connectivity index (χ2v) is 10.7. The van der Waals surface area contributed by atoms with Gasteiger partial charge in [-0.15, -0.1) is 0 Å². The number of nitrogen functional groups attached to an aromatic ring is 1. The highest BCUT2D eigenvalue weighted by atomic mass is 19.1. The average Bonchev–Trinajstić information content (AvgIpc) is 3.16. The third-order valence-electron chi connectivity index (χ3n) is 5.94. The van der Waals surface area contributed by atoms with Crippen molar-refractivity contribution in [3.8, 4) is 22.7 Å². The highest BCUT2D eigenvalue weighted by molar-refractivity contribution is 5.73. The highest BCUT2D eigenvalue weighted by Crippen LogP contribution is 2.37. The number of rotatable bonds is 5. The Morgan fingerprint density at radius 1 is 1.22 bits per heavy atom. The van der Waals surface area contributed by atoms with Crippen molar-refractivity contribution < 1.29 is 18.7 Å². The van der Waals surface area contributed by atoms with Crippen LogP contribution in [0.5, 0.6) is 5.75 Å². The predicted octanol–water partition coefficient (Wildman–Crippen LogP) is 5.90. The first kappa shape index (κ1) is 25.5. The van der Waals surface area contributed by atoms with Crippen molar-refractivity contribution >= 4 is 11.8 Å². The largest absolute Gasteiger partial charge is 0.491 e. The molecular weight excluding hydrogens is 459 g/mol. The van der Waals surface area contributed by atoms with E-state index < -0.39 is 11.4 Å². The fourth-order valence-corrected chi connectivity index (χ4v) is 4.26. The summed E-state index contributed by atoms with van der Waals surface area (Å²) < 4.78 is 28.3. The van der Waals surface area contributed by atoms with E-state index in [4.69, 9.17) is 20.3 Å². The molecule has 4 rings (SSSR count). The lowest BCUT2D eigenvalue weighted by Gasteiger charge is -2.30. The molecule has 7 nitrogen and oxygen atoms in total. The van der Waals surface area contributed by atoms with E-state index >= 15 is 0 Å². The molecule has 3 aromatic rings. The van der Waals surface area contributed by atoms with Crippen molar-refractivity contribution in [1.82, 2.24) is 14.7 Å². The first-order valence-electron chi connectivity index (χ1n) is 12.3. The van der Waals surface area contributed by atoms with Gasteiger partial charge in [-0.2, -0.15) is 5.10 Å². The Morgan fingerprint density at radius 3 is 2.64 bits per heavy atom. The monoisotopic (exact) mass is 494 g/mol. The number of carbonyl (C=O) groups is 1. The van der Waals surface area contributed by atoms with Gasteiger partial charge in [-0.3, -0.25) is 0 Å². The number of aryl methyl sites for hydroxylation is 1. The van der Waals surface area contributed by atoms with Crippen LogP contribution in [0.15, 0.2) is 36.4 Å². The van der Waals surface area contributed by atoms with Gasteiger partial charge in [0.2, 0.25) is 0 Å². The molecule has 0 spiro atoms. The molecule has 2 N–H and O–H groups in total. The molecule has 0 fully saturated rings. The Bertz CT molecular complexity index is 1280. The maximum absolute atomic E-state index is 14.6. The number of carbonyl (C=O) groups excluding carboxylic acids is 1. The van der Waals surface area contributed by atoms with Gasteiger partial charge >= 0.3 is 6.09 Å². The molecule has 0 aliphatic carbocycles. The molecule has 1 aliphatic heterocycles. The number of hydrogen-bond acceptors (Lipinski definition) is 5. The number of ether oxygens (including phenoxy) is 2. The molecule has 1 aromatic heterocycles. The molecular formula is C28H35FN4O3. The third-order valence-corrected chi connectivity index (χ3v) is 5.94. The molecule has 36 heavy (non-hydrogen) atoms. The first-order chi connectivity index (χ1) is 16.9. The number of benzene rings is 2. The molecule has 0 radical (unpaired) electrons. The maximum atomic E-state index is 14.6. The van der Waals surface area contributed by atoms with Crippen LogP contribution in [-0.4, -0.2) is 39.5 Å². The lowest BCUT2D eigenvalue weighted by atomic mass is 10.00. The Labute approximate surface area is 212 Å². The minimum Gasteiger partial charge on any atom is -0.491 e. The molecule has 0 saturated carbocycles. The van der Waals surface area contributed by atoms with E-state index in [1.807, 2.05) is 50.6 Å². The molecule has 8 heteroatoms. The van der Waals surface area contributed by atoms with Gasteiger partial charge in [0, 0.05) is 24.1 Å². The number of nitrogens with zero attached hydrogens (tertiary/aromatic N) is 3. The van der Waals surface area contributed by atoms with E-state index in [-0.39, 0.29) is 11.8 Å². The van der Waals surface area contributed by atoms with E-state index in [1.54, 1.807) is 17.0 Å². The van der Waals surface area contributed by atoms with Gasteiger partial charge in [0.25, 0.3) is 0 Å². The highest BCUT2D eigenvalue weighted by Gasteiger charge is 2.32. The molecule has 2 aromatic carbocycles. The normalized spacial score (nSPS) is 13.6. The summed E-state index contributed by atoms with van der Waals surface area (Å²) in [5.74, 6) is 0.539. The summed E-state index contributed by atoms with van der Waals surface area (Å²) in [4.78, 5) is 14.6. The lowest BCUT2D eigenvalue weighted by Crippen LogP contribution is -2.39. The summed E-state index contributed by atoms with van der Waals surface area (Å²) >= 11 is 0. The average molecular weight is 495 g/mol. The number of hydrogen-bond donors (Lipinski definition) is 1. The summed E-state index contributed by atoms with van der Waals surface area (Å²) in [5.41, 5.74) is 10.1. The van der Waals surface area contributed by atoms with E-state index in [0.29, 0.717) is 49.0 Å². The van der Waals surface area contributed by atoms with Gasteiger partial charge in [0.1, 0.15) is 22.9 Å². The number of nitrogens with two attached hydrogens (primary N) is 1. The first-order valence-corrected chi connectivity index (χ1v) is 12.3. The van der Waals surface area contributed by atoms with E-state index in [1.165, 1.54) is 6.07 Å². The van der Waals surface area contributed by atoms with Crippen molar-refractivity contribution in [3.63, 3.8) is 0 Å². The standard InChI is InChI=1S/C28H35FN4O3/c1-17(2)16-35-24-9-7-8-18(3)25(24)33-26(19-10-11-22(30)21(29)14-19)20-15-32(13-12-23(20)31-33)27(34)36-28(4,5)6/h7-11,14,17H,12-13,15-16,30H2,1-6H3. The van der Waals surface area contributed by atoms with Crippen LogP contribution in [-0.2, 0) is 17.7 Å². The summed E-state index contributed by atoms with van der Waals surface area (Å²) in [7, 11) is 0. The number of anilines is 1. The molecule has 0 atom stereocenters. The smallest absolute Gasteiger partial charge is 0.410 e. The Balaban J connectivity index is 1.87. The predicted molar refractivity (Wildman–Crippen MR) is 139 cm³/mol. The Morgan fingerprint density at radius 2 is 1.97 bits per heavy atom. The van der Waals surface area contributed by atoms with Gasteiger partial charge in [0.15, 0.2) is 0 Å². The van der Waals surface area contributed by atoms with Crippen LogP contribution in [0.25, 0.3) is 16.9 Å². The number of halogens is 1. The van der Waals surface area contributed by atoms with Crippen LogP contribution in [0, 0.1) is 18.7 Å². The Kier molecular flexibility index (Phi) is 6.98. The minimum absolute atomic E-state index is 0.0749. The summed E-state index contributed by atoms with van der Waals surface area (Å²) in [5, 5.41) is 4.97. The maximum Gasteiger partial charge on any atom is 0.410 e. The van der Waals surface area contributed by atoms with Crippen LogP contribution >= 0.6 is 0 Å². The molecule has 1 amide bonds.